The van der Waals surface area contributed by atoms with Crippen LogP contribution in [0.1, 0.15) is 68.3 Å². The Morgan fingerprint density at radius 2 is 1.80 bits per heavy atom. The van der Waals surface area contributed by atoms with E-state index in [4.69, 9.17) is 0 Å². The maximum absolute atomic E-state index is 13.6. The van der Waals surface area contributed by atoms with E-state index < -0.39 is 0 Å². The van der Waals surface area contributed by atoms with Crippen LogP contribution in [0.15, 0.2) is 24.5 Å². The lowest BCUT2D eigenvalue weighted by Crippen LogP contribution is -2.44. The van der Waals surface area contributed by atoms with Crippen LogP contribution < -0.4 is 0 Å². The number of aromatic nitrogens is 4. The number of fused-ring (bicyclic) bond motifs is 2. The monoisotopic (exact) mass is 473 g/mol. The summed E-state index contributed by atoms with van der Waals surface area (Å²) in [6.07, 6.45) is 6.46. The van der Waals surface area contributed by atoms with Crippen LogP contribution in [0, 0.1) is 19.3 Å². The lowest BCUT2D eigenvalue weighted by atomic mass is 9.97. The number of ketones is 2. The van der Waals surface area contributed by atoms with Crippen molar-refractivity contribution in [1.82, 2.24) is 24.6 Å². The van der Waals surface area contributed by atoms with Gasteiger partial charge >= 0.3 is 0 Å². The van der Waals surface area contributed by atoms with Crippen molar-refractivity contribution in [2.75, 3.05) is 0 Å². The minimum atomic E-state index is -0.352. The lowest BCUT2D eigenvalue weighted by molar-refractivity contribution is -0.139. The second kappa shape index (κ2) is 8.36. The highest BCUT2D eigenvalue weighted by atomic mass is 16.2. The van der Waals surface area contributed by atoms with Crippen LogP contribution in [0.3, 0.4) is 0 Å². The first kappa shape index (κ1) is 23.3. The van der Waals surface area contributed by atoms with Gasteiger partial charge in [-0.25, -0.2) is 9.97 Å². The number of nitrogens with zero attached hydrogens (tertiary/aromatic N) is 5. The van der Waals surface area contributed by atoms with Crippen molar-refractivity contribution in [3.05, 3.63) is 41.6 Å². The van der Waals surface area contributed by atoms with Gasteiger partial charge < -0.3 is 4.90 Å². The van der Waals surface area contributed by atoms with E-state index in [-0.39, 0.29) is 41.5 Å². The van der Waals surface area contributed by atoms with Crippen LogP contribution in [-0.4, -0.2) is 54.2 Å². The van der Waals surface area contributed by atoms with Crippen LogP contribution in [0.2, 0.25) is 0 Å². The number of benzene rings is 1. The van der Waals surface area contributed by atoms with Crippen LogP contribution in [0.5, 0.6) is 0 Å². The number of carbonyl (C=O) groups is 3. The molecule has 2 aromatic heterocycles. The van der Waals surface area contributed by atoms with Gasteiger partial charge in [-0.05, 0) is 61.8 Å². The van der Waals surface area contributed by atoms with Gasteiger partial charge in [0.1, 0.15) is 18.1 Å². The van der Waals surface area contributed by atoms with Gasteiger partial charge in [-0.1, -0.05) is 13.8 Å². The summed E-state index contributed by atoms with van der Waals surface area (Å²) in [5.74, 6) is 0.558. The molecule has 3 aromatic rings. The number of rotatable bonds is 7. The highest BCUT2D eigenvalue weighted by Crippen LogP contribution is 2.59. The van der Waals surface area contributed by atoms with Gasteiger partial charge in [-0.15, -0.1) is 0 Å². The third kappa shape index (κ3) is 3.94. The largest absolute Gasteiger partial charge is 0.327 e. The molecule has 2 aliphatic rings. The molecule has 3 heterocycles. The summed E-state index contributed by atoms with van der Waals surface area (Å²) in [5, 5.41) is 5.28. The summed E-state index contributed by atoms with van der Waals surface area (Å²) in [6, 6.07) is 3.69. The Hall–Kier alpha value is -3.42. The standard InChI is InChI=1S/C27H31N5O3/c1-6-7-22(34)21-10-27(5)11-23(27)32(21)24(35)14-31-26-15(2)8-18(19-12-28-17(4)29-13-19)9-20(26)25(30-31)16(3)33/h8-9,12-13,21,23H,6-7,10-11,14H2,1-5H3/t21-,23+,27-/m0/s1. The van der Waals surface area contributed by atoms with Crippen LogP contribution >= 0.6 is 0 Å². The molecule has 1 aromatic carbocycles. The molecule has 182 valence electrons. The first-order valence-electron chi connectivity index (χ1n) is 12.3. The van der Waals surface area contributed by atoms with Crippen molar-refractivity contribution in [3.8, 4) is 11.1 Å². The van der Waals surface area contributed by atoms with Gasteiger partial charge in [0.15, 0.2) is 11.6 Å². The van der Waals surface area contributed by atoms with E-state index in [9.17, 15) is 14.4 Å². The van der Waals surface area contributed by atoms with E-state index in [0.717, 1.165) is 41.5 Å². The topological polar surface area (TPSA) is 98.1 Å². The Morgan fingerprint density at radius 1 is 1.09 bits per heavy atom. The second-order valence-electron chi connectivity index (χ2n) is 10.4. The van der Waals surface area contributed by atoms with E-state index in [1.165, 1.54) is 6.92 Å². The number of amides is 1. The Balaban J connectivity index is 1.52. The van der Waals surface area contributed by atoms with Gasteiger partial charge in [-0.3, -0.25) is 19.1 Å². The average Bonchev–Trinajstić information content (AvgIpc) is 3.16. The molecular formula is C27H31N5O3. The first-order valence-corrected chi connectivity index (χ1v) is 12.3. The Kier molecular flexibility index (Phi) is 5.57. The first-order chi connectivity index (χ1) is 16.6. The normalized spacial score (nSPS) is 22.9. The van der Waals surface area contributed by atoms with Crippen molar-refractivity contribution >= 4 is 28.4 Å². The molecule has 35 heavy (non-hydrogen) atoms. The maximum Gasteiger partial charge on any atom is 0.245 e. The number of likely N-dealkylation sites (tertiary alicyclic amines) is 1. The molecule has 3 atom stereocenters. The van der Waals surface area contributed by atoms with Gasteiger partial charge in [0.05, 0.1) is 11.6 Å². The van der Waals surface area contributed by atoms with E-state index in [1.54, 1.807) is 17.1 Å². The summed E-state index contributed by atoms with van der Waals surface area (Å²) in [5.41, 5.74) is 3.78. The second-order valence-corrected chi connectivity index (χ2v) is 10.4. The zero-order valence-electron chi connectivity index (χ0n) is 21.0. The molecule has 1 amide bonds. The fraction of sp³-hybridized carbons (Fsp3) is 0.481. The molecular weight excluding hydrogens is 442 g/mol. The number of hydrogen-bond donors (Lipinski definition) is 0. The summed E-state index contributed by atoms with van der Waals surface area (Å²) in [7, 11) is 0. The predicted molar refractivity (Wildman–Crippen MR) is 132 cm³/mol. The highest BCUT2D eigenvalue weighted by molar-refractivity contribution is 6.07. The van der Waals surface area contributed by atoms with Crippen molar-refractivity contribution < 1.29 is 14.4 Å². The smallest absolute Gasteiger partial charge is 0.245 e. The molecule has 0 unspecified atom stereocenters. The molecule has 1 saturated carbocycles. The number of Topliss-reactive ketones (excluding diaryl/α,β-unsaturated/α-hetero) is 2. The minimum absolute atomic E-state index is 0.0000937. The van der Waals surface area contributed by atoms with Crippen LogP contribution in [0.25, 0.3) is 22.0 Å². The summed E-state index contributed by atoms with van der Waals surface area (Å²) >= 11 is 0. The van der Waals surface area contributed by atoms with Crippen molar-refractivity contribution in [3.63, 3.8) is 0 Å². The molecule has 5 rings (SSSR count). The maximum atomic E-state index is 13.6. The Labute approximate surface area is 204 Å². The summed E-state index contributed by atoms with van der Waals surface area (Å²) in [4.78, 5) is 49.3. The molecule has 0 bridgehead atoms. The SMILES string of the molecule is CCCC(=O)[C@@H]1C[C@@]2(C)C[C@H]2N1C(=O)Cn1nc(C(C)=O)c2cc(-c3cnc(C)nc3)cc(C)c21. The quantitative estimate of drug-likeness (QED) is 0.480. The zero-order valence-corrected chi connectivity index (χ0v) is 21.0. The molecule has 0 radical (unpaired) electrons. The lowest BCUT2D eigenvalue weighted by Gasteiger charge is -2.26. The number of carbonyl (C=O) groups excluding carboxylic acids is 3. The summed E-state index contributed by atoms with van der Waals surface area (Å²) < 4.78 is 1.64. The van der Waals surface area contributed by atoms with Gasteiger partial charge in [-0.2, -0.15) is 5.10 Å². The van der Waals surface area contributed by atoms with Crippen LogP contribution in [-0.2, 0) is 16.1 Å². The van der Waals surface area contributed by atoms with Crippen molar-refractivity contribution in [2.45, 2.75) is 78.9 Å². The molecule has 8 heteroatoms. The van der Waals surface area contributed by atoms with E-state index in [0.29, 0.717) is 23.3 Å². The fourth-order valence-electron chi connectivity index (χ4n) is 5.64. The fourth-order valence-corrected chi connectivity index (χ4v) is 5.64. The van der Waals surface area contributed by atoms with Crippen LogP contribution in [0.4, 0.5) is 0 Å². The van der Waals surface area contributed by atoms with E-state index in [1.807, 2.05) is 37.8 Å². The Morgan fingerprint density at radius 3 is 2.46 bits per heavy atom. The third-order valence-corrected chi connectivity index (χ3v) is 7.56. The van der Waals surface area contributed by atoms with Gasteiger partial charge in [0.25, 0.3) is 0 Å². The van der Waals surface area contributed by atoms with E-state index in [2.05, 4.69) is 22.0 Å². The molecule has 1 saturated heterocycles. The average molecular weight is 474 g/mol. The highest BCUT2D eigenvalue weighted by Gasteiger charge is 2.63. The third-order valence-electron chi connectivity index (χ3n) is 7.56. The number of aryl methyl sites for hydroxylation is 2. The predicted octanol–water partition coefficient (Wildman–Crippen LogP) is 4.06. The van der Waals surface area contributed by atoms with Gasteiger partial charge in [0, 0.05) is 42.7 Å². The number of piperidine rings is 1. The zero-order chi connectivity index (χ0) is 25.1. The van der Waals surface area contributed by atoms with Crippen molar-refractivity contribution in [2.24, 2.45) is 5.41 Å². The molecule has 1 aliphatic carbocycles. The molecule has 0 spiro atoms. The molecule has 8 nitrogen and oxygen atoms in total. The van der Waals surface area contributed by atoms with Crippen molar-refractivity contribution in [1.29, 1.82) is 0 Å². The summed E-state index contributed by atoms with van der Waals surface area (Å²) in [6.45, 7) is 9.42. The minimum Gasteiger partial charge on any atom is -0.327 e. The van der Waals surface area contributed by atoms with E-state index >= 15 is 0 Å². The molecule has 1 aliphatic heterocycles. The molecule has 0 N–H and O–H groups in total. The number of hydrogen-bond acceptors (Lipinski definition) is 6. The molecule has 2 fully saturated rings. The Bertz CT molecular complexity index is 1360. The van der Waals surface area contributed by atoms with Gasteiger partial charge in [0.2, 0.25) is 5.91 Å².